The van der Waals surface area contributed by atoms with Gasteiger partial charge in [0.05, 0.1) is 10.0 Å². The maximum Gasteiger partial charge on any atom is 0.243 e. The van der Waals surface area contributed by atoms with Crippen molar-refractivity contribution in [2.24, 2.45) is 0 Å². The van der Waals surface area contributed by atoms with E-state index in [4.69, 9.17) is 40.1 Å². The Morgan fingerprint density at radius 1 is 1.38 bits per heavy atom. The molecule has 7 heteroatoms. The summed E-state index contributed by atoms with van der Waals surface area (Å²) >= 11 is 17.5. The minimum absolute atomic E-state index is 0.176. The number of rotatable bonds is 2. The van der Waals surface area contributed by atoms with E-state index in [0.29, 0.717) is 5.02 Å². The van der Waals surface area contributed by atoms with Crippen LogP contribution in [0.4, 0.5) is 5.69 Å². The second kappa shape index (κ2) is 5.26. The molecule has 1 N–H and O–H groups in total. The fraction of sp³-hybridized carbons (Fsp3) is 0.111. The van der Waals surface area contributed by atoms with E-state index in [1.165, 1.54) is 19.1 Å². The van der Waals surface area contributed by atoms with Gasteiger partial charge in [-0.15, -0.1) is 0 Å². The Morgan fingerprint density at radius 3 is 2.25 bits per heavy atom. The summed E-state index contributed by atoms with van der Waals surface area (Å²) in [5, 5.41) is 10.2. The Bertz CT molecular complexity index is 447. The van der Waals surface area contributed by atoms with Crippen LogP contribution in [0.3, 0.4) is 0 Å². The highest BCUT2D eigenvalue weighted by molar-refractivity contribution is 6.42. The summed E-state index contributed by atoms with van der Waals surface area (Å²) in [6.07, 6.45) is 1.62. The first-order valence-corrected chi connectivity index (χ1v) is 5.20. The molecule has 0 aromatic heterocycles. The Hall–Kier alpha value is -1.15. The third-order valence-corrected chi connectivity index (χ3v) is 2.48. The number of nitrogens with one attached hydrogen (secondary N) is 1. The second-order valence-corrected chi connectivity index (χ2v) is 4.05. The van der Waals surface area contributed by atoms with E-state index in [1.807, 2.05) is 0 Å². The van der Waals surface area contributed by atoms with Crippen LogP contribution in [-0.4, -0.2) is 5.91 Å². The molecule has 0 bridgehead atoms. The number of nitrogens with zero attached hydrogens (tertiary/aromatic N) is 2. The number of benzene rings is 1. The lowest BCUT2D eigenvalue weighted by molar-refractivity contribution is -0.117. The van der Waals surface area contributed by atoms with Crippen molar-refractivity contribution in [3.63, 3.8) is 0 Å². The predicted octanol–water partition coefficient (Wildman–Crippen LogP) is 2.99. The van der Waals surface area contributed by atoms with Gasteiger partial charge in [0, 0.05) is 11.9 Å². The van der Waals surface area contributed by atoms with Gasteiger partial charge in [-0.1, -0.05) is 34.8 Å². The summed E-state index contributed by atoms with van der Waals surface area (Å²) < 4.78 is 0. The molecule has 1 aromatic rings. The molecule has 16 heavy (non-hydrogen) atoms. The Morgan fingerprint density at radius 2 is 1.88 bits per heavy atom. The van der Waals surface area contributed by atoms with Gasteiger partial charge in [-0.2, -0.15) is 5.26 Å². The van der Waals surface area contributed by atoms with Gasteiger partial charge in [0.15, 0.2) is 6.19 Å². The van der Waals surface area contributed by atoms with E-state index in [-0.39, 0.29) is 15.7 Å². The lowest BCUT2D eigenvalue weighted by Gasteiger charge is -2.20. The van der Waals surface area contributed by atoms with Crippen molar-refractivity contribution in [1.29, 1.82) is 5.26 Å². The minimum atomic E-state index is -0.423. The Labute approximate surface area is 107 Å². The number of amides is 1. The standard InChI is InChI=1S/C9H6Cl3N3O/c1-5(16)15(14-4-13)9-7(11)2-6(10)3-8(9)12/h2-3,14H,1H3. The molecule has 0 radical (unpaired) electrons. The minimum Gasteiger partial charge on any atom is -0.273 e. The zero-order chi connectivity index (χ0) is 12.3. The average Bonchev–Trinajstić information content (AvgIpc) is 2.14. The highest BCUT2D eigenvalue weighted by atomic mass is 35.5. The predicted molar refractivity (Wildman–Crippen MR) is 63.4 cm³/mol. The highest BCUT2D eigenvalue weighted by Gasteiger charge is 2.18. The molecule has 84 valence electrons. The lowest BCUT2D eigenvalue weighted by Crippen LogP contribution is -2.39. The van der Waals surface area contributed by atoms with E-state index in [1.54, 1.807) is 6.19 Å². The van der Waals surface area contributed by atoms with E-state index in [0.717, 1.165) is 5.01 Å². The van der Waals surface area contributed by atoms with E-state index in [2.05, 4.69) is 5.43 Å². The van der Waals surface area contributed by atoms with Gasteiger partial charge in [0.25, 0.3) is 0 Å². The van der Waals surface area contributed by atoms with Crippen LogP contribution >= 0.6 is 34.8 Å². The molecule has 1 aromatic carbocycles. The van der Waals surface area contributed by atoms with Gasteiger partial charge < -0.3 is 0 Å². The normalized spacial score (nSPS) is 9.44. The van der Waals surface area contributed by atoms with Crippen molar-refractivity contribution < 1.29 is 4.79 Å². The number of halogens is 3. The van der Waals surface area contributed by atoms with E-state index in [9.17, 15) is 4.79 Å². The first-order chi connectivity index (χ1) is 7.47. The van der Waals surface area contributed by atoms with Crippen LogP contribution in [0, 0.1) is 11.5 Å². The van der Waals surface area contributed by atoms with Crippen molar-refractivity contribution in [1.82, 2.24) is 5.43 Å². The van der Waals surface area contributed by atoms with Crippen LogP contribution in [0.1, 0.15) is 6.92 Å². The molecule has 4 nitrogen and oxygen atoms in total. The van der Waals surface area contributed by atoms with Gasteiger partial charge in [0.1, 0.15) is 5.69 Å². The first-order valence-electron chi connectivity index (χ1n) is 4.07. The average molecular weight is 279 g/mol. The molecular weight excluding hydrogens is 272 g/mol. The molecule has 0 aliphatic carbocycles. The van der Waals surface area contributed by atoms with Crippen LogP contribution in [0.5, 0.6) is 0 Å². The molecule has 0 saturated carbocycles. The van der Waals surface area contributed by atoms with Crippen LogP contribution < -0.4 is 10.4 Å². The van der Waals surface area contributed by atoms with Crippen molar-refractivity contribution in [2.75, 3.05) is 5.01 Å². The van der Waals surface area contributed by atoms with Crippen molar-refractivity contribution in [3.8, 4) is 6.19 Å². The van der Waals surface area contributed by atoms with Crippen LogP contribution in [0.25, 0.3) is 0 Å². The molecule has 1 rings (SSSR count). The lowest BCUT2D eigenvalue weighted by atomic mass is 10.3. The summed E-state index contributed by atoms with van der Waals surface area (Å²) in [5.74, 6) is -0.423. The van der Waals surface area contributed by atoms with Crippen LogP contribution in [-0.2, 0) is 4.79 Å². The van der Waals surface area contributed by atoms with Crippen LogP contribution in [0.2, 0.25) is 15.1 Å². The molecule has 0 unspecified atom stereocenters. The molecule has 0 aliphatic rings. The zero-order valence-electron chi connectivity index (χ0n) is 8.09. The van der Waals surface area contributed by atoms with Gasteiger partial charge in [-0.05, 0) is 12.1 Å². The summed E-state index contributed by atoms with van der Waals surface area (Å²) in [5.41, 5.74) is 2.37. The first kappa shape index (κ1) is 12.9. The van der Waals surface area contributed by atoms with Gasteiger partial charge >= 0.3 is 0 Å². The van der Waals surface area contributed by atoms with Gasteiger partial charge in [-0.25, -0.2) is 10.4 Å². The maximum atomic E-state index is 11.3. The largest absolute Gasteiger partial charge is 0.273 e. The Balaban J connectivity index is 3.30. The van der Waals surface area contributed by atoms with E-state index < -0.39 is 5.91 Å². The van der Waals surface area contributed by atoms with Crippen molar-refractivity contribution in [2.45, 2.75) is 6.92 Å². The second-order valence-electron chi connectivity index (χ2n) is 2.80. The number of carbonyl (C=O) groups excluding carboxylic acids is 1. The quantitative estimate of drug-likeness (QED) is 0.514. The van der Waals surface area contributed by atoms with E-state index >= 15 is 0 Å². The molecule has 0 aliphatic heterocycles. The summed E-state index contributed by atoms with van der Waals surface area (Å²) in [6, 6.07) is 2.86. The molecule has 0 heterocycles. The number of hydrogen-bond acceptors (Lipinski definition) is 3. The number of hydrazine groups is 1. The number of nitriles is 1. The smallest absolute Gasteiger partial charge is 0.243 e. The summed E-state index contributed by atoms with van der Waals surface area (Å²) in [6.45, 7) is 1.27. The topological polar surface area (TPSA) is 56.1 Å². The fourth-order valence-electron chi connectivity index (χ4n) is 1.09. The third kappa shape index (κ3) is 2.70. The molecule has 0 atom stereocenters. The maximum absolute atomic E-state index is 11.3. The molecule has 0 fully saturated rings. The monoisotopic (exact) mass is 277 g/mol. The fourth-order valence-corrected chi connectivity index (χ4v) is 2.08. The van der Waals surface area contributed by atoms with Crippen molar-refractivity contribution >= 4 is 46.4 Å². The summed E-state index contributed by atoms with van der Waals surface area (Å²) in [7, 11) is 0. The molecule has 0 spiro atoms. The molecule has 0 saturated heterocycles. The number of carbonyl (C=O) groups is 1. The van der Waals surface area contributed by atoms with Crippen molar-refractivity contribution in [3.05, 3.63) is 27.2 Å². The molecule has 1 amide bonds. The SMILES string of the molecule is CC(=O)N(NC#N)c1c(Cl)cc(Cl)cc1Cl. The molecular formula is C9H6Cl3N3O. The summed E-state index contributed by atoms with van der Waals surface area (Å²) in [4.78, 5) is 11.3. The highest BCUT2D eigenvalue weighted by Crippen LogP contribution is 2.35. The Kier molecular flexibility index (Phi) is 4.25. The third-order valence-electron chi connectivity index (χ3n) is 1.68. The van der Waals surface area contributed by atoms with Gasteiger partial charge in [-0.3, -0.25) is 4.79 Å². The van der Waals surface area contributed by atoms with Gasteiger partial charge in [0.2, 0.25) is 5.91 Å². The zero-order valence-corrected chi connectivity index (χ0v) is 10.4. The van der Waals surface area contributed by atoms with Crippen LogP contribution in [0.15, 0.2) is 12.1 Å². The number of anilines is 1. The number of hydrogen-bond donors (Lipinski definition) is 1.